The fraction of sp³-hybridized carbons (Fsp3) is 0.200. The molecule has 4 aromatic rings. The number of anilines is 3. The molecule has 5 heteroatoms. The molecule has 0 atom stereocenters. The number of hydrogen-bond donors (Lipinski definition) is 0. The number of allylic oxidation sites excluding steroid dienone is 1. The van der Waals surface area contributed by atoms with E-state index in [4.69, 9.17) is 0 Å². The van der Waals surface area contributed by atoms with Gasteiger partial charge in [0, 0.05) is 0 Å². The van der Waals surface area contributed by atoms with E-state index in [9.17, 15) is 9.59 Å². The Morgan fingerprint density at radius 2 is 1.49 bits per heavy atom. The molecule has 0 unspecified atom stereocenters. The zero-order chi connectivity index (χ0) is 24.3. The molecule has 0 N–H and O–H groups in total. The van der Waals surface area contributed by atoms with Gasteiger partial charge in [0.05, 0.1) is 0 Å². The van der Waals surface area contributed by atoms with E-state index >= 15 is 0 Å². The van der Waals surface area contributed by atoms with Crippen molar-refractivity contribution >= 4 is 62.6 Å². The number of hydrogen-bond acceptors (Lipinski definition) is 3. The van der Waals surface area contributed by atoms with Gasteiger partial charge in [-0.05, 0) is 0 Å². The van der Waals surface area contributed by atoms with Crippen LogP contribution in [0.4, 0.5) is 15.9 Å². The maximum atomic E-state index is 13.0. The molecule has 0 radical (unpaired) electrons. The van der Waals surface area contributed by atoms with Gasteiger partial charge in [0.2, 0.25) is 0 Å². The third-order valence-electron chi connectivity index (χ3n) is 7.92. The summed E-state index contributed by atoms with van der Waals surface area (Å²) in [6.07, 6.45) is 1.90. The molecule has 4 heterocycles. The molecule has 0 fully saturated rings. The molecule has 3 aliphatic rings. The number of fused-ring (bicyclic) bond motifs is 5. The van der Waals surface area contributed by atoms with Crippen molar-refractivity contribution in [3.63, 3.8) is 0 Å². The second kappa shape index (κ2) is 6.96. The minimum absolute atomic E-state index is 0.0191. The molecule has 3 nitrogen and oxygen atoms in total. The molecule has 0 amide bonds. The van der Waals surface area contributed by atoms with E-state index in [1.165, 1.54) is 38.2 Å². The van der Waals surface area contributed by atoms with Gasteiger partial charge in [-0.3, -0.25) is 0 Å². The van der Waals surface area contributed by atoms with Crippen LogP contribution in [0.5, 0.6) is 0 Å². The van der Waals surface area contributed by atoms with Crippen LogP contribution in [0, 0.1) is 0 Å². The van der Waals surface area contributed by atoms with E-state index < -0.39 is 0 Å². The quantitative estimate of drug-likeness (QED) is 0.156. The first-order valence-electron chi connectivity index (χ1n) is 11.8. The van der Waals surface area contributed by atoms with Gasteiger partial charge in [0.15, 0.2) is 0 Å². The number of ketones is 2. The first kappa shape index (κ1) is 21.6. The maximum absolute atomic E-state index is 13.0. The van der Waals surface area contributed by atoms with Crippen LogP contribution in [0.2, 0.25) is 0 Å². The fourth-order valence-corrected chi connectivity index (χ4v) is 10.5. The van der Waals surface area contributed by atoms with Crippen LogP contribution in [-0.4, -0.2) is 40.6 Å². The summed E-state index contributed by atoms with van der Waals surface area (Å²) in [5, 5.41) is 0. The average molecular weight is 587 g/mol. The summed E-state index contributed by atoms with van der Waals surface area (Å²) < 4.78 is 3.14. The summed E-state index contributed by atoms with van der Waals surface area (Å²) in [6, 6.07) is 19.6. The van der Waals surface area contributed by atoms with Gasteiger partial charge in [0.25, 0.3) is 0 Å². The van der Waals surface area contributed by atoms with Gasteiger partial charge >= 0.3 is 217 Å². The Bertz CT molecular complexity index is 1610. The first-order valence-corrected chi connectivity index (χ1v) is 15.3. The summed E-state index contributed by atoms with van der Waals surface area (Å²) in [5.41, 5.74) is 8.57. The Kier molecular flexibility index (Phi) is 4.29. The average Bonchev–Trinajstić information content (AvgIpc) is 3.54. The molecule has 2 aromatic heterocycles. The molecule has 0 saturated heterocycles. The second-order valence-electron chi connectivity index (χ2n) is 10.6. The van der Waals surface area contributed by atoms with Crippen molar-refractivity contribution in [2.45, 2.75) is 38.5 Å². The second-order valence-corrected chi connectivity index (χ2v) is 14.7. The van der Waals surface area contributed by atoms with Crippen molar-refractivity contribution < 1.29 is 9.59 Å². The summed E-state index contributed by atoms with van der Waals surface area (Å²) in [4.78, 5) is 30.4. The zero-order valence-corrected chi connectivity index (χ0v) is 23.4. The molecule has 1 aliphatic carbocycles. The molecule has 2 aromatic carbocycles. The molecule has 2 aliphatic heterocycles. The Morgan fingerprint density at radius 3 is 2.23 bits per heavy atom. The van der Waals surface area contributed by atoms with Gasteiger partial charge in [-0.15, -0.1) is 0 Å². The normalized spacial score (nSPS) is 19.4. The van der Waals surface area contributed by atoms with Crippen molar-refractivity contribution in [1.29, 1.82) is 0 Å². The van der Waals surface area contributed by atoms with E-state index in [0.29, 0.717) is 11.1 Å². The number of rotatable bonds is 1. The van der Waals surface area contributed by atoms with Crippen molar-refractivity contribution in [2.75, 3.05) is 4.90 Å². The van der Waals surface area contributed by atoms with Crippen molar-refractivity contribution in [1.82, 2.24) is 0 Å². The summed E-state index contributed by atoms with van der Waals surface area (Å²) in [7, 11) is 0. The van der Waals surface area contributed by atoms with E-state index in [1.807, 2.05) is 17.1 Å². The molecular formula is C30H23NO2Se2. The fourth-order valence-electron chi connectivity index (χ4n) is 6.00. The zero-order valence-electron chi connectivity index (χ0n) is 19.9. The van der Waals surface area contributed by atoms with E-state index in [0.717, 1.165) is 8.87 Å². The van der Waals surface area contributed by atoms with Gasteiger partial charge in [-0.25, -0.2) is 0 Å². The van der Waals surface area contributed by atoms with Gasteiger partial charge < -0.3 is 0 Å². The van der Waals surface area contributed by atoms with E-state index in [1.54, 1.807) is 0 Å². The first-order chi connectivity index (χ1) is 16.7. The van der Waals surface area contributed by atoms with Crippen LogP contribution >= 0.6 is 0 Å². The van der Waals surface area contributed by atoms with Gasteiger partial charge in [-0.1, -0.05) is 0 Å². The Hall–Kier alpha value is -2.68. The number of Topliss-reactive ketones (excluding diaryl/α,β-unsaturated/α-hetero) is 2. The van der Waals surface area contributed by atoms with Crippen LogP contribution in [0.3, 0.4) is 0 Å². The summed E-state index contributed by atoms with van der Waals surface area (Å²) >= 11 is -0.0394. The molecule has 172 valence electrons. The van der Waals surface area contributed by atoms with E-state index in [-0.39, 0.29) is 51.4 Å². The summed E-state index contributed by atoms with van der Waals surface area (Å²) in [6.45, 7) is 9.26. The third-order valence-corrected chi connectivity index (χ3v) is 12.1. The van der Waals surface area contributed by atoms with Crippen LogP contribution < -0.4 is 4.90 Å². The van der Waals surface area contributed by atoms with Crippen LogP contribution in [-0.2, 0) is 10.8 Å². The topological polar surface area (TPSA) is 37.4 Å². The Morgan fingerprint density at radius 1 is 0.800 bits per heavy atom. The number of benzene rings is 2. The number of carbonyl (C=O) groups is 2. The van der Waals surface area contributed by atoms with Gasteiger partial charge in [-0.2, -0.15) is 0 Å². The van der Waals surface area contributed by atoms with Crippen molar-refractivity contribution in [3.05, 3.63) is 102 Å². The number of carbonyl (C=O) groups excluding carboxylic acids is 2. The minimum atomic E-state index is -0.170. The third kappa shape index (κ3) is 2.68. The molecular weight excluding hydrogens is 564 g/mol. The van der Waals surface area contributed by atoms with Crippen LogP contribution in [0.25, 0.3) is 6.08 Å². The molecule has 0 spiro atoms. The molecule has 7 rings (SSSR count). The molecule has 35 heavy (non-hydrogen) atoms. The van der Waals surface area contributed by atoms with Crippen molar-refractivity contribution in [3.8, 4) is 0 Å². The summed E-state index contributed by atoms with van der Waals surface area (Å²) in [5.74, 6) is -0.163. The number of nitrogens with zero attached hydrogens (tertiary/aromatic N) is 1. The predicted molar refractivity (Wildman–Crippen MR) is 142 cm³/mol. The molecule has 0 saturated carbocycles. The Balaban J connectivity index is 1.47. The SMILES string of the molecule is CC1(C)c2ccccc2N2c3[se]c(/C=C4/C(=O)c5cc[se]c5C4=O)cc3C(C)(C)c3cccc1c32. The number of para-hydroxylation sites is 2. The van der Waals surface area contributed by atoms with Crippen molar-refractivity contribution in [2.24, 2.45) is 0 Å². The van der Waals surface area contributed by atoms with E-state index in [2.05, 4.69) is 81.1 Å². The van der Waals surface area contributed by atoms with Crippen LogP contribution in [0.15, 0.2) is 65.1 Å². The monoisotopic (exact) mass is 589 g/mol. The Labute approximate surface area is 216 Å². The standard InChI is InChI=1S/C30H23NO2Se2/c1-29(2)19-8-5-6-11-23(19)31-24-20(29)9-7-10-21(24)30(3,4)22-15-16(35-28(22)31)14-18-25(32)17-12-13-34-27(17)26(18)33/h5-15H,1-4H3/b18-14-. The van der Waals surface area contributed by atoms with Gasteiger partial charge in [0.1, 0.15) is 0 Å². The predicted octanol–water partition coefficient (Wildman–Crippen LogP) is 6.01. The van der Waals surface area contributed by atoms with Crippen LogP contribution in [0.1, 0.15) is 74.0 Å². The molecule has 0 bridgehead atoms.